The van der Waals surface area contributed by atoms with Gasteiger partial charge < -0.3 is 10.6 Å². The third-order valence-electron chi connectivity index (χ3n) is 4.03. The van der Waals surface area contributed by atoms with Crippen molar-refractivity contribution in [1.29, 1.82) is 0 Å². The number of rotatable bonds is 3. The molecule has 2 unspecified atom stereocenters. The van der Waals surface area contributed by atoms with Gasteiger partial charge in [-0.05, 0) is 35.4 Å². The molecule has 0 saturated carbocycles. The summed E-state index contributed by atoms with van der Waals surface area (Å²) in [6.07, 6.45) is 0. The van der Waals surface area contributed by atoms with Gasteiger partial charge in [-0.1, -0.05) is 27.7 Å². The third-order valence-corrected chi connectivity index (χ3v) is 4.03. The zero-order valence-electron chi connectivity index (χ0n) is 12.0. The Balaban J connectivity index is 2.30. The van der Waals surface area contributed by atoms with Gasteiger partial charge in [-0.2, -0.15) is 0 Å². The normalized spacial score (nSPS) is 24.0. The van der Waals surface area contributed by atoms with Gasteiger partial charge in [0.1, 0.15) is 5.82 Å². The van der Waals surface area contributed by atoms with Crippen molar-refractivity contribution in [2.24, 2.45) is 17.6 Å². The van der Waals surface area contributed by atoms with E-state index in [2.05, 4.69) is 44.7 Å². The Labute approximate surface area is 110 Å². The first-order valence-corrected chi connectivity index (χ1v) is 6.97. The predicted octanol–water partition coefficient (Wildman–Crippen LogP) is 2.76. The molecule has 2 heterocycles. The fourth-order valence-electron chi connectivity index (χ4n) is 2.49. The Morgan fingerprint density at radius 2 is 1.89 bits per heavy atom. The number of pyridine rings is 1. The highest BCUT2D eigenvalue weighted by atomic mass is 15.2. The Bertz CT molecular complexity index is 404. The van der Waals surface area contributed by atoms with E-state index in [4.69, 9.17) is 10.7 Å². The van der Waals surface area contributed by atoms with Crippen LogP contribution in [0.3, 0.4) is 0 Å². The van der Waals surface area contributed by atoms with Crippen molar-refractivity contribution in [3.05, 3.63) is 23.4 Å². The lowest BCUT2D eigenvalue weighted by atomic mass is 10.0. The van der Waals surface area contributed by atoms with Gasteiger partial charge in [0.15, 0.2) is 0 Å². The Morgan fingerprint density at radius 1 is 1.28 bits per heavy atom. The van der Waals surface area contributed by atoms with E-state index < -0.39 is 0 Å². The molecule has 0 amide bonds. The minimum atomic E-state index is 0.452. The molecule has 1 aromatic heterocycles. The third kappa shape index (κ3) is 2.66. The van der Waals surface area contributed by atoms with Crippen LogP contribution >= 0.6 is 0 Å². The molecule has 1 aromatic rings. The summed E-state index contributed by atoms with van der Waals surface area (Å²) in [5, 5.41) is 0. The van der Waals surface area contributed by atoms with Crippen LogP contribution in [0.5, 0.6) is 0 Å². The van der Waals surface area contributed by atoms with Crippen molar-refractivity contribution in [3.63, 3.8) is 0 Å². The van der Waals surface area contributed by atoms with Crippen LogP contribution in [0, 0.1) is 11.8 Å². The molecule has 1 saturated heterocycles. The molecular formula is C15H25N3. The molecular weight excluding hydrogens is 222 g/mol. The zero-order valence-corrected chi connectivity index (χ0v) is 12.0. The highest BCUT2D eigenvalue weighted by Crippen LogP contribution is 2.28. The summed E-state index contributed by atoms with van der Waals surface area (Å²) in [6.45, 7) is 11.8. The van der Waals surface area contributed by atoms with Crippen molar-refractivity contribution in [2.45, 2.75) is 40.2 Å². The lowest BCUT2D eigenvalue weighted by Crippen LogP contribution is -2.22. The number of hydrogen-bond donors (Lipinski definition) is 1. The summed E-state index contributed by atoms with van der Waals surface area (Å²) in [5.74, 6) is 3.05. The summed E-state index contributed by atoms with van der Waals surface area (Å²) in [7, 11) is 0. The number of anilines is 1. The maximum atomic E-state index is 5.79. The van der Waals surface area contributed by atoms with Crippen molar-refractivity contribution in [3.8, 4) is 0 Å². The molecule has 1 aliphatic heterocycles. The molecule has 18 heavy (non-hydrogen) atoms. The summed E-state index contributed by atoms with van der Waals surface area (Å²) >= 11 is 0. The highest BCUT2D eigenvalue weighted by molar-refractivity contribution is 5.44. The van der Waals surface area contributed by atoms with Crippen LogP contribution in [0.2, 0.25) is 0 Å². The second-order valence-electron chi connectivity index (χ2n) is 5.98. The van der Waals surface area contributed by atoms with Gasteiger partial charge in [0.2, 0.25) is 0 Å². The van der Waals surface area contributed by atoms with Gasteiger partial charge in [0.05, 0.1) is 0 Å². The van der Waals surface area contributed by atoms with Crippen molar-refractivity contribution < 1.29 is 0 Å². The molecule has 0 aromatic carbocycles. The first kappa shape index (κ1) is 13.3. The van der Waals surface area contributed by atoms with Gasteiger partial charge >= 0.3 is 0 Å². The summed E-state index contributed by atoms with van der Waals surface area (Å²) in [6, 6.07) is 4.29. The first-order chi connectivity index (χ1) is 8.51. The molecule has 1 fully saturated rings. The molecule has 0 bridgehead atoms. The van der Waals surface area contributed by atoms with E-state index in [9.17, 15) is 0 Å². The average molecular weight is 247 g/mol. The Hall–Kier alpha value is -1.09. The molecule has 3 nitrogen and oxygen atoms in total. The molecule has 2 N–H and O–H groups in total. The monoisotopic (exact) mass is 247 g/mol. The molecule has 0 spiro atoms. The van der Waals surface area contributed by atoms with Gasteiger partial charge in [-0.3, -0.25) is 0 Å². The van der Waals surface area contributed by atoms with Crippen molar-refractivity contribution >= 4 is 5.82 Å². The van der Waals surface area contributed by atoms with E-state index in [-0.39, 0.29) is 0 Å². The SMILES string of the molecule is CC(C)c1cc(CN)cc(N2CC(C)C(C)C2)n1. The molecule has 0 aliphatic carbocycles. The van der Waals surface area contributed by atoms with Crippen LogP contribution in [0.25, 0.3) is 0 Å². The zero-order chi connectivity index (χ0) is 13.3. The van der Waals surface area contributed by atoms with Gasteiger partial charge in [-0.25, -0.2) is 4.98 Å². The number of aromatic nitrogens is 1. The molecule has 0 radical (unpaired) electrons. The molecule has 2 rings (SSSR count). The highest BCUT2D eigenvalue weighted by Gasteiger charge is 2.27. The van der Waals surface area contributed by atoms with Crippen LogP contribution in [0.15, 0.2) is 12.1 Å². The predicted molar refractivity (Wildman–Crippen MR) is 76.8 cm³/mol. The fourth-order valence-corrected chi connectivity index (χ4v) is 2.49. The fraction of sp³-hybridized carbons (Fsp3) is 0.667. The van der Waals surface area contributed by atoms with Crippen LogP contribution in [-0.2, 0) is 6.54 Å². The second-order valence-corrected chi connectivity index (χ2v) is 5.98. The largest absolute Gasteiger partial charge is 0.356 e. The summed E-state index contributed by atoms with van der Waals surface area (Å²) in [5.41, 5.74) is 8.14. The maximum absolute atomic E-state index is 5.79. The molecule has 100 valence electrons. The summed E-state index contributed by atoms with van der Waals surface area (Å²) < 4.78 is 0. The van der Waals surface area contributed by atoms with Crippen LogP contribution in [0.1, 0.15) is 44.9 Å². The van der Waals surface area contributed by atoms with Crippen LogP contribution < -0.4 is 10.6 Å². The van der Waals surface area contributed by atoms with Crippen LogP contribution in [0.4, 0.5) is 5.82 Å². The number of hydrogen-bond acceptors (Lipinski definition) is 3. The topological polar surface area (TPSA) is 42.1 Å². The number of nitrogens with two attached hydrogens (primary N) is 1. The number of nitrogens with zero attached hydrogens (tertiary/aromatic N) is 2. The van der Waals surface area contributed by atoms with Gasteiger partial charge in [0.25, 0.3) is 0 Å². The van der Waals surface area contributed by atoms with Crippen LogP contribution in [-0.4, -0.2) is 18.1 Å². The second kappa shape index (κ2) is 5.27. The summed E-state index contributed by atoms with van der Waals surface area (Å²) in [4.78, 5) is 7.21. The Morgan fingerprint density at radius 3 is 2.39 bits per heavy atom. The smallest absolute Gasteiger partial charge is 0.129 e. The minimum Gasteiger partial charge on any atom is -0.356 e. The van der Waals surface area contributed by atoms with Crippen molar-refractivity contribution in [2.75, 3.05) is 18.0 Å². The first-order valence-electron chi connectivity index (χ1n) is 6.97. The van der Waals surface area contributed by atoms with Crippen molar-refractivity contribution in [1.82, 2.24) is 4.98 Å². The minimum absolute atomic E-state index is 0.452. The standard InChI is InChI=1S/C15H25N3/c1-10(2)14-5-13(7-16)6-15(17-14)18-8-11(3)12(4)9-18/h5-6,10-12H,7-9,16H2,1-4H3. The van der Waals surface area contributed by atoms with E-state index in [0.29, 0.717) is 12.5 Å². The molecule has 1 aliphatic rings. The van der Waals surface area contributed by atoms with Gasteiger partial charge in [0, 0.05) is 25.3 Å². The lowest BCUT2D eigenvalue weighted by molar-refractivity contribution is 0.494. The van der Waals surface area contributed by atoms with E-state index in [1.54, 1.807) is 0 Å². The van der Waals surface area contributed by atoms with E-state index in [1.165, 1.54) is 5.56 Å². The average Bonchev–Trinajstić information content (AvgIpc) is 2.69. The van der Waals surface area contributed by atoms with E-state index >= 15 is 0 Å². The Kier molecular flexibility index (Phi) is 3.91. The van der Waals surface area contributed by atoms with Gasteiger partial charge in [-0.15, -0.1) is 0 Å². The molecule has 2 atom stereocenters. The van der Waals surface area contributed by atoms with E-state index in [0.717, 1.165) is 36.4 Å². The maximum Gasteiger partial charge on any atom is 0.129 e. The lowest BCUT2D eigenvalue weighted by Gasteiger charge is -2.20. The van der Waals surface area contributed by atoms with E-state index in [1.807, 2.05) is 0 Å². The quantitative estimate of drug-likeness (QED) is 0.893. The molecule has 3 heteroatoms.